The number of hydrazone groups is 1. The zero-order chi connectivity index (χ0) is 15.0. The third kappa shape index (κ3) is 5.14. The third-order valence-corrected chi connectivity index (χ3v) is 2.83. The van der Waals surface area contributed by atoms with Crippen molar-refractivity contribution in [3.05, 3.63) is 29.8 Å². The van der Waals surface area contributed by atoms with Gasteiger partial charge in [-0.15, -0.1) is 0 Å². The van der Waals surface area contributed by atoms with Crippen LogP contribution in [0.15, 0.2) is 29.4 Å². The highest BCUT2D eigenvalue weighted by molar-refractivity contribution is 7.80. The van der Waals surface area contributed by atoms with E-state index in [1.807, 2.05) is 38.1 Å². The molecule has 0 aliphatic heterocycles. The molecule has 0 unspecified atom stereocenters. The van der Waals surface area contributed by atoms with Gasteiger partial charge in [0, 0.05) is 18.7 Å². The van der Waals surface area contributed by atoms with Crippen molar-refractivity contribution in [1.29, 1.82) is 0 Å². The van der Waals surface area contributed by atoms with Crippen molar-refractivity contribution in [3.63, 3.8) is 0 Å². The summed E-state index contributed by atoms with van der Waals surface area (Å²) in [7, 11) is 3.29. The highest BCUT2D eigenvalue weighted by Gasteiger charge is 2.06. The number of methoxy groups -OCH3 is 2. The average Bonchev–Trinajstić information content (AvgIpc) is 2.44. The molecular weight excluding hydrogens is 274 g/mol. The van der Waals surface area contributed by atoms with Crippen LogP contribution in [0, 0.1) is 0 Å². The van der Waals surface area contributed by atoms with Gasteiger partial charge in [-0.05, 0) is 38.2 Å². The fourth-order valence-electron chi connectivity index (χ4n) is 1.69. The Balaban J connectivity index is 2.63. The van der Waals surface area contributed by atoms with Crippen LogP contribution in [0.2, 0.25) is 0 Å². The molecule has 1 atom stereocenters. The summed E-state index contributed by atoms with van der Waals surface area (Å²) in [6.07, 6.45) is 0. The van der Waals surface area contributed by atoms with E-state index in [0.717, 1.165) is 17.0 Å². The van der Waals surface area contributed by atoms with Gasteiger partial charge in [0.25, 0.3) is 0 Å². The van der Waals surface area contributed by atoms with Crippen LogP contribution in [0.1, 0.15) is 19.4 Å². The summed E-state index contributed by atoms with van der Waals surface area (Å²) >= 11 is 5.16. The average molecular weight is 295 g/mol. The van der Waals surface area contributed by atoms with Crippen molar-refractivity contribution in [2.24, 2.45) is 5.10 Å². The topological polar surface area (TPSA) is 54.9 Å². The molecule has 1 aromatic rings. The molecule has 0 saturated carbocycles. The molecule has 0 fully saturated rings. The van der Waals surface area contributed by atoms with Gasteiger partial charge in [0.15, 0.2) is 5.11 Å². The lowest BCUT2D eigenvalue weighted by atomic mass is 10.1. The fraction of sp³-hybridized carbons (Fsp3) is 0.429. The van der Waals surface area contributed by atoms with Crippen LogP contribution < -0.4 is 15.5 Å². The van der Waals surface area contributed by atoms with Crippen molar-refractivity contribution in [2.75, 3.05) is 20.8 Å². The Morgan fingerprint density at radius 2 is 2.05 bits per heavy atom. The molecule has 0 amide bonds. The standard InChI is InChI=1S/C14H21N3O2S/c1-10(9-18-3)15-14(20)17-16-11(2)12-7-5-6-8-13(12)19-4/h5-8,10H,9H2,1-4H3,(H2,15,17,20)/b16-11-/t10-/m0/s1. The van der Waals surface area contributed by atoms with Crippen LogP contribution in [0.3, 0.4) is 0 Å². The SMILES string of the molecule is COC[C@H](C)NC(=S)N/N=C(/C)c1ccccc1OC. The minimum atomic E-state index is 0.127. The zero-order valence-electron chi connectivity index (χ0n) is 12.3. The number of ether oxygens (including phenoxy) is 2. The van der Waals surface area contributed by atoms with Crippen molar-refractivity contribution < 1.29 is 9.47 Å². The summed E-state index contributed by atoms with van der Waals surface area (Å²) in [5.74, 6) is 0.780. The van der Waals surface area contributed by atoms with Gasteiger partial charge < -0.3 is 14.8 Å². The quantitative estimate of drug-likeness (QED) is 0.477. The van der Waals surface area contributed by atoms with Crippen LogP contribution >= 0.6 is 12.2 Å². The van der Waals surface area contributed by atoms with E-state index in [1.165, 1.54) is 0 Å². The number of para-hydroxylation sites is 1. The van der Waals surface area contributed by atoms with Crippen molar-refractivity contribution >= 4 is 23.0 Å². The predicted molar refractivity (Wildman–Crippen MR) is 85.4 cm³/mol. The number of nitrogens with zero attached hydrogens (tertiary/aromatic N) is 1. The lowest BCUT2D eigenvalue weighted by Crippen LogP contribution is -2.40. The number of hydrogen-bond acceptors (Lipinski definition) is 4. The van der Waals surface area contributed by atoms with Crippen LogP contribution in [-0.2, 0) is 4.74 Å². The summed E-state index contributed by atoms with van der Waals surface area (Å²) in [5.41, 5.74) is 4.54. The number of hydrogen-bond donors (Lipinski definition) is 2. The number of rotatable bonds is 6. The number of benzene rings is 1. The van der Waals surface area contributed by atoms with Crippen LogP contribution in [0.25, 0.3) is 0 Å². The lowest BCUT2D eigenvalue weighted by molar-refractivity contribution is 0.179. The van der Waals surface area contributed by atoms with Gasteiger partial charge in [0.1, 0.15) is 5.75 Å². The minimum Gasteiger partial charge on any atom is -0.496 e. The summed E-state index contributed by atoms with van der Waals surface area (Å²) < 4.78 is 10.3. The van der Waals surface area contributed by atoms with Crippen LogP contribution in [0.4, 0.5) is 0 Å². The Kier molecular flexibility index (Phi) is 6.97. The van der Waals surface area contributed by atoms with E-state index in [2.05, 4.69) is 15.8 Å². The first-order chi connectivity index (χ1) is 9.58. The van der Waals surface area contributed by atoms with Gasteiger partial charge in [-0.3, -0.25) is 5.43 Å². The van der Waals surface area contributed by atoms with Gasteiger partial charge >= 0.3 is 0 Å². The maximum Gasteiger partial charge on any atom is 0.187 e. The molecular formula is C14H21N3O2S. The largest absolute Gasteiger partial charge is 0.496 e. The van der Waals surface area contributed by atoms with Crippen molar-refractivity contribution in [1.82, 2.24) is 10.7 Å². The Hall–Kier alpha value is -1.66. The molecule has 6 heteroatoms. The molecule has 0 radical (unpaired) electrons. The summed E-state index contributed by atoms with van der Waals surface area (Å²) in [6, 6.07) is 7.83. The molecule has 0 bridgehead atoms. The van der Waals surface area contributed by atoms with Crippen LogP contribution in [-0.4, -0.2) is 37.7 Å². The summed E-state index contributed by atoms with van der Waals surface area (Å²) in [5, 5.41) is 7.79. The monoisotopic (exact) mass is 295 g/mol. The molecule has 1 aromatic carbocycles. The first-order valence-electron chi connectivity index (χ1n) is 6.31. The highest BCUT2D eigenvalue weighted by Crippen LogP contribution is 2.17. The van der Waals surface area contributed by atoms with E-state index in [1.54, 1.807) is 14.2 Å². The van der Waals surface area contributed by atoms with E-state index >= 15 is 0 Å². The van der Waals surface area contributed by atoms with Crippen molar-refractivity contribution in [3.8, 4) is 5.75 Å². The summed E-state index contributed by atoms with van der Waals surface area (Å²) in [6.45, 7) is 4.46. The second-order valence-corrected chi connectivity index (χ2v) is 4.75. The normalized spacial score (nSPS) is 12.7. The van der Waals surface area contributed by atoms with E-state index < -0.39 is 0 Å². The van der Waals surface area contributed by atoms with E-state index in [9.17, 15) is 0 Å². The molecule has 0 saturated heterocycles. The third-order valence-electron chi connectivity index (χ3n) is 2.62. The Bertz CT molecular complexity index is 477. The highest BCUT2D eigenvalue weighted by atomic mass is 32.1. The van der Waals surface area contributed by atoms with Crippen LogP contribution in [0.5, 0.6) is 5.75 Å². The van der Waals surface area contributed by atoms with Gasteiger partial charge in [-0.25, -0.2) is 0 Å². The molecule has 0 aliphatic carbocycles. The molecule has 2 N–H and O–H groups in total. The number of thiocarbonyl (C=S) groups is 1. The predicted octanol–water partition coefficient (Wildman–Crippen LogP) is 1.92. The van der Waals surface area contributed by atoms with E-state index in [4.69, 9.17) is 21.7 Å². The smallest absolute Gasteiger partial charge is 0.187 e. The molecule has 0 spiro atoms. The first-order valence-corrected chi connectivity index (χ1v) is 6.72. The van der Waals surface area contributed by atoms with E-state index in [0.29, 0.717) is 11.7 Å². The molecule has 0 aromatic heterocycles. The molecule has 110 valence electrons. The lowest BCUT2D eigenvalue weighted by Gasteiger charge is -2.14. The zero-order valence-corrected chi connectivity index (χ0v) is 13.1. The van der Waals surface area contributed by atoms with Crippen molar-refractivity contribution in [2.45, 2.75) is 19.9 Å². The Morgan fingerprint density at radius 1 is 1.35 bits per heavy atom. The second kappa shape index (κ2) is 8.50. The van der Waals surface area contributed by atoms with Gasteiger partial charge in [-0.2, -0.15) is 5.10 Å². The maximum atomic E-state index is 5.30. The molecule has 1 rings (SSSR count). The Morgan fingerprint density at radius 3 is 2.70 bits per heavy atom. The fourth-order valence-corrected chi connectivity index (χ4v) is 1.93. The molecule has 5 nitrogen and oxygen atoms in total. The Labute approximate surface area is 125 Å². The minimum absolute atomic E-state index is 0.127. The number of nitrogens with one attached hydrogen (secondary N) is 2. The maximum absolute atomic E-state index is 5.30. The molecule has 0 heterocycles. The second-order valence-electron chi connectivity index (χ2n) is 4.34. The molecule has 0 aliphatic rings. The first kappa shape index (κ1) is 16.4. The summed E-state index contributed by atoms with van der Waals surface area (Å²) in [4.78, 5) is 0. The van der Waals surface area contributed by atoms with E-state index in [-0.39, 0.29) is 6.04 Å². The molecule has 20 heavy (non-hydrogen) atoms. The van der Waals surface area contributed by atoms with Gasteiger partial charge in [-0.1, -0.05) is 12.1 Å². The van der Waals surface area contributed by atoms with Gasteiger partial charge in [0.2, 0.25) is 0 Å². The van der Waals surface area contributed by atoms with Gasteiger partial charge in [0.05, 0.1) is 19.4 Å².